The molecule has 6 heteroatoms. The first-order valence-electron chi connectivity index (χ1n) is 6.70. The molecule has 0 saturated carbocycles. The van der Waals surface area contributed by atoms with Crippen molar-refractivity contribution in [2.24, 2.45) is 0 Å². The van der Waals surface area contributed by atoms with E-state index in [0.29, 0.717) is 0 Å². The molecule has 2 N–H and O–H groups in total. The van der Waals surface area contributed by atoms with Crippen molar-refractivity contribution >= 4 is 17.5 Å². The molecule has 0 unspecified atom stereocenters. The molecular weight excluding hydrogens is 270 g/mol. The van der Waals surface area contributed by atoms with E-state index in [9.17, 15) is 9.59 Å². The Morgan fingerprint density at radius 2 is 1.86 bits per heavy atom. The van der Waals surface area contributed by atoms with Crippen LogP contribution in [0.2, 0.25) is 0 Å². The highest BCUT2D eigenvalue weighted by atomic mass is 16.3. The van der Waals surface area contributed by atoms with Crippen LogP contribution in [0.15, 0.2) is 36.0 Å². The summed E-state index contributed by atoms with van der Waals surface area (Å²) in [7, 11) is 3.99. The molecule has 0 atom stereocenters. The first kappa shape index (κ1) is 15.2. The molecule has 0 spiro atoms. The summed E-state index contributed by atoms with van der Waals surface area (Å²) in [5.74, 6) is -0.813. The van der Waals surface area contributed by atoms with Crippen LogP contribution in [0.1, 0.15) is 5.56 Å². The number of nitrogens with one attached hydrogen (secondary N) is 1. The number of β-amino-alcohol motifs (C(OH)–C–C–N with tert-alkyl or cyclic N) is 1. The van der Waals surface area contributed by atoms with Gasteiger partial charge in [-0.2, -0.15) is 0 Å². The van der Waals surface area contributed by atoms with Crippen LogP contribution >= 0.6 is 0 Å². The predicted octanol–water partition coefficient (Wildman–Crippen LogP) is 0.405. The maximum absolute atomic E-state index is 12.0. The number of aliphatic hydroxyl groups is 1. The topological polar surface area (TPSA) is 72.9 Å². The Morgan fingerprint density at radius 3 is 2.43 bits per heavy atom. The monoisotopic (exact) mass is 289 g/mol. The van der Waals surface area contributed by atoms with Crippen molar-refractivity contribution in [2.75, 3.05) is 32.6 Å². The van der Waals surface area contributed by atoms with Gasteiger partial charge in [0.25, 0.3) is 11.8 Å². The van der Waals surface area contributed by atoms with Gasteiger partial charge in [0, 0.05) is 18.3 Å². The molecule has 0 bridgehead atoms. The van der Waals surface area contributed by atoms with Crippen LogP contribution in [0.3, 0.4) is 0 Å². The molecular formula is C15H19N3O3. The van der Waals surface area contributed by atoms with Crippen molar-refractivity contribution < 1.29 is 14.7 Å². The normalized spacial score (nSPS) is 14.9. The molecule has 2 amide bonds. The highest BCUT2D eigenvalue weighted by molar-refractivity contribution is 6.17. The molecule has 1 aliphatic heterocycles. The molecule has 0 aliphatic carbocycles. The molecule has 0 aromatic heterocycles. The van der Waals surface area contributed by atoms with Crippen LogP contribution in [0.4, 0.5) is 5.69 Å². The number of aliphatic hydroxyl groups excluding tert-OH is 1. The maximum Gasteiger partial charge on any atom is 0.277 e. The minimum absolute atomic E-state index is 0.0150. The van der Waals surface area contributed by atoms with Crippen LogP contribution in [0.5, 0.6) is 0 Å². The molecule has 0 saturated heterocycles. The van der Waals surface area contributed by atoms with Gasteiger partial charge in [0.05, 0.1) is 13.2 Å². The highest BCUT2D eigenvalue weighted by Gasteiger charge is 2.30. The van der Waals surface area contributed by atoms with Crippen molar-refractivity contribution in [2.45, 2.75) is 6.54 Å². The van der Waals surface area contributed by atoms with E-state index in [4.69, 9.17) is 5.11 Å². The summed E-state index contributed by atoms with van der Waals surface area (Å²) in [6.07, 6.45) is 1.26. The number of carbonyl (C=O) groups is 2. The van der Waals surface area contributed by atoms with E-state index in [1.807, 2.05) is 38.4 Å². The molecule has 0 radical (unpaired) electrons. The maximum atomic E-state index is 12.0. The number of amides is 2. The summed E-state index contributed by atoms with van der Waals surface area (Å²) < 4.78 is 0. The number of nitrogens with zero attached hydrogens (tertiary/aromatic N) is 2. The van der Waals surface area contributed by atoms with E-state index in [1.165, 1.54) is 6.08 Å². The second kappa shape index (κ2) is 6.51. The van der Waals surface area contributed by atoms with Gasteiger partial charge in [0.1, 0.15) is 5.70 Å². The zero-order valence-electron chi connectivity index (χ0n) is 12.2. The van der Waals surface area contributed by atoms with Gasteiger partial charge in [-0.1, -0.05) is 12.1 Å². The first-order chi connectivity index (χ1) is 10.0. The largest absolute Gasteiger partial charge is 0.395 e. The zero-order valence-corrected chi connectivity index (χ0v) is 12.2. The van der Waals surface area contributed by atoms with Crippen LogP contribution in [-0.4, -0.2) is 54.0 Å². The summed E-state index contributed by atoms with van der Waals surface area (Å²) in [5, 5.41) is 11.8. The number of carbonyl (C=O) groups excluding carboxylic acids is 2. The molecule has 21 heavy (non-hydrogen) atoms. The predicted molar refractivity (Wildman–Crippen MR) is 79.3 cm³/mol. The van der Waals surface area contributed by atoms with Gasteiger partial charge in [-0.05, 0) is 31.8 Å². The second-order valence-corrected chi connectivity index (χ2v) is 5.14. The number of imide groups is 1. The number of hydrogen-bond donors (Lipinski definition) is 2. The van der Waals surface area contributed by atoms with Gasteiger partial charge in [0.15, 0.2) is 0 Å². The molecule has 6 nitrogen and oxygen atoms in total. The minimum Gasteiger partial charge on any atom is -0.395 e. The fourth-order valence-electron chi connectivity index (χ4n) is 2.12. The lowest BCUT2D eigenvalue weighted by Crippen LogP contribution is -2.34. The van der Waals surface area contributed by atoms with Gasteiger partial charge in [-0.15, -0.1) is 0 Å². The average molecular weight is 289 g/mol. The summed E-state index contributed by atoms with van der Waals surface area (Å²) in [6, 6.07) is 7.67. The summed E-state index contributed by atoms with van der Waals surface area (Å²) in [5.41, 5.74) is 2.14. The fraction of sp³-hybridized carbons (Fsp3) is 0.333. The first-order valence-corrected chi connectivity index (χ1v) is 6.70. The van der Waals surface area contributed by atoms with Crippen LogP contribution in [0.25, 0.3) is 0 Å². The third-order valence-corrected chi connectivity index (χ3v) is 3.06. The van der Waals surface area contributed by atoms with Crippen molar-refractivity contribution in [1.29, 1.82) is 0 Å². The van der Waals surface area contributed by atoms with E-state index in [1.54, 1.807) is 0 Å². The average Bonchev–Trinajstić information content (AvgIpc) is 2.69. The molecule has 112 valence electrons. The Hall–Kier alpha value is -2.18. The van der Waals surface area contributed by atoms with Crippen LogP contribution < -0.4 is 5.32 Å². The lowest BCUT2D eigenvalue weighted by atomic mass is 10.2. The van der Waals surface area contributed by atoms with E-state index >= 15 is 0 Å². The highest BCUT2D eigenvalue weighted by Crippen LogP contribution is 2.17. The lowest BCUT2D eigenvalue weighted by Gasteiger charge is -2.14. The smallest absolute Gasteiger partial charge is 0.277 e. The number of hydrogen-bond acceptors (Lipinski definition) is 5. The Labute approximate surface area is 123 Å². The number of rotatable bonds is 6. The van der Waals surface area contributed by atoms with Crippen molar-refractivity contribution in [1.82, 2.24) is 9.80 Å². The molecule has 2 rings (SSSR count). The molecule has 1 aromatic rings. The Balaban J connectivity index is 2.04. The van der Waals surface area contributed by atoms with Crippen molar-refractivity contribution in [3.8, 4) is 0 Å². The minimum atomic E-state index is -0.411. The van der Waals surface area contributed by atoms with E-state index in [2.05, 4.69) is 10.2 Å². The Morgan fingerprint density at radius 1 is 1.19 bits per heavy atom. The van der Waals surface area contributed by atoms with Gasteiger partial charge < -0.3 is 15.3 Å². The van der Waals surface area contributed by atoms with Crippen LogP contribution in [-0.2, 0) is 16.1 Å². The second-order valence-electron chi connectivity index (χ2n) is 5.14. The summed E-state index contributed by atoms with van der Waals surface area (Å²) >= 11 is 0. The zero-order chi connectivity index (χ0) is 15.4. The fourth-order valence-corrected chi connectivity index (χ4v) is 2.12. The van der Waals surface area contributed by atoms with E-state index in [0.717, 1.165) is 22.7 Å². The van der Waals surface area contributed by atoms with Crippen molar-refractivity contribution in [3.63, 3.8) is 0 Å². The lowest BCUT2D eigenvalue weighted by molar-refractivity contribution is -0.137. The summed E-state index contributed by atoms with van der Waals surface area (Å²) in [4.78, 5) is 26.7. The van der Waals surface area contributed by atoms with E-state index < -0.39 is 11.8 Å². The van der Waals surface area contributed by atoms with E-state index in [-0.39, 0.29) is 18.8 Å². The molecule has 1 aromatic carbocycles. The summed E-state index contributed by atoms with van der Waals surface area (Å²) in [6.45, 7) is 0.615. The van der Waals surface area contributed by atoms with Gasteiger partial charge >= 0.3 is 0 Å². The van der Waals surface area contributed by atoms with Gasteiger partial charge in [0.2, 0.25) is 0 Å². The Bertz CT molecular complexity index is 564. The third-order valence-electron chi connectivity index (χ3n) is 3.06. The number of anilines is 1. The number of benzene rings is 1. The standard InChI is InChI=1S/C15H19N3O3/c1-17(2)10-11-3-5-12(6-4-11)16-13-9-14(20)18(7-8-19)15(13)21/h3-6,9,16,19H,7-8,10H2,1-2H3. The van der Waals surface area contributed by atoms with Gasteiger partial charge in [-0.3, -0.25) is 14.5 Å². The third kappa shape index (κ3) is 3.68. The van der Waals surface area contributed by atoms with Crippen molar-refractivity contribution in [3.05, 3.63) is 41.6 Å². The molecule has 0 fully saturated rings. The molecule has 1 aliphatic rings. The van der Waals surface area contributed by atoms with Crippen LogP contribution in [0, 0.1) is 0 Å². The molecule has 1 heterocycles. The Kier molecular flexibility index (Phi) is 4.72. The SMILES string of the molecule is CN(C)Cc1ccc(NC2=CC(=O)N(CCO)C2=O)cc1. The van der Waals surface area contributed by atoms with Gasteiger partial charge in [-0.25, -0.2) is 0 Å². The quantitative estimate of drug-likeness (QED) is 0.742.